The normalized spacial score (nSPS) is 10.5. The largest absolute Gasteiger partial charge is 0.379 e. The number of rotatable bonds is 1. The molecule has 0 aliphatic rings. The number of hydrogen-bond donors (Lipinski definition) is 1. The van der Waals surface area contributed by atoms with E-state index in [1.54, 1.807) is 6.92 Å². The van der Waals surface area contributed by atoms with Crippen LogP contribution in [0.15, 0.2) is 29.1 Å². The Balaban J connectivity index is 2.64. The number of nitrogen functional groups attached to an aromatic ring is 1. The van der Waals surface area contributed by atoms with Gasteiger partial charge in [0.15, 0.2) is 17.5 Å². The third-order valence-electron chi connectivity index (χ3n) is 2.28. The molecular weight excluding hydrogens is 228 g/mol. The van der Waals surface area contributed by atoms with Gasteiger partial charge in [0.25, 0.3) is 0 Å². The summed E-state index contributed by atoms with van der Waals surface area (Å²) in [5.74, 6) is -2.12. The number of aryl methyl sites for hydroxylation is 1. The number of halogens is 2. The van der Waals surface area contributed by atoms with Crippen LogP contribution in [0.1, 0.15) is 5.69 Å². The predicted molar refractivity (Wildman–Crippen MR) is 58.9 cm³/mol. The first-order chi connectivity index (χ1) is 7.99. The fraction of sp³-hybridized carbons (Fsp3) is 0.0909. The summed E-state index contributed by atoms with van der Waals surface area (Å²) in [4.78, 5) is 11.2. The zero-order chi connectivity index (χ0) is 12.6. The van der Waals surface area contributed by atoms with Gasteiger partial charge in [0.2, 0.25) is 5.43 Å². The second-order valence-corrected chi connectivity index (χ2v) is 3.55. The van der Waals surface area contributed by atoms with Crippen LogP contribution in [0.3, 0.4) is 0 Å². The van der Waals surface area contributed by atoms with Crippen molar-refractivity contribution in [3.05, 3.63) is 51.8 Å². The molecule has 0 spiro atoms. The Kier molecular flexibility index (Phi) is 2.63. The molecule has 0 amide bonds. The summed E-state index contributed by atoms with van der Waals surface area (Å²) in [5.41, 5.74) is 5.76. The summed E-state index contributed by atoms with van der Waals surface area (Å²) in [6.07, 6.45) is 0. The zero-order valence-electron chi connectivity index (χ0n) is 8.95. The second kappa shape index (κ2) is 3.97. The number of anilines is 1. The van der Waals surface area contributed by atoms with Crippen LogP contribution >= 0.6 is 0 Å². The van der Waals surface area contributed by atoms with Crippen molar-refractivity contribution in [1.29, 1.82) is 0 Å². The summed E-state index contributed by atoms with van der Waals surface area (Å²) < 4.78 is 27.1. The molecule has 0 saturated heterocycles. The third kappa shape index (κ3) is 2.01. The molecule has 0 fully saturated rings. The highest BCUT2D eigenvalue weighted by Gasteiger charge is 2.08. The van der Waals surface area contributed by atoms with Crippen molar-refractivity contribution in [3.63, 3.8) is 0 Å². The molecule has 17 heavy (non-hydrogen) atoms. The molecule has 0 radical (unpaired) electrons. The number of aromatic nitrogens is 2. The molecule has 1 aromatic heterocycles. The van der Waals surface area contributed by atoms with Crippen molar-refractivity contribution in [2.24, 2.45) is 0 Å². The second-order valence-electron chi connectivity index (χ2n) is 3.55. The summed E-state index contributed by atoms with van der Waals surface area (Å²) >= 11 is 0. The summed E-state index contributed by atoms with van der Waals surface area (Å²) in [7, 11) is 0. The first-order valence-electron chi connectivity index (χ1n) is 4.81. The Bertz CT molecular complexity index is 637. The Hall–Kier alpha value is -2.24. The Morgan fingerprint density at radius 2 is 1.94 bits per heavy atom. The summed E-state index contributed by atoms with van der Waals surface area (Å²) in [6.45, 7) is 1.62. The molecule has 0 saturated carbocycles. The van der Waals surface area contributed by atoms with E-state index in [4.69, 9.17) is 5.73 Å². The van der Waals surface area contributed by atoms with Gasteiger partial charge >= 0.3 is 0 Å². The molecule has 1 aromatic carbocycles. The third-order valence-corrected chi connectivity index (χ3v) is 2.28. The van der Waals surface area contributed by atoms with E-state index in [1.165, 1.54) is 16.8 Å². The zero-order valence-corrected chi connectivity index (χ0v) is 8.95. The van der Waals surface area contributed by atoms with Gasteiger partial charge in [-0.15, -0.1) is 5.10 Å². The van der Waals surface area contributed by atoms with Gasteiger partial charge in [-0.2, -0.15) is 0 Å². The highest BCUT2D eigenvalue weighted by Crippen LogP contribution is 2.13. The molecule has 1 heterocycles. The van der Waals surface area contributed by atoms with Gasteiger partial charge in [-0.25, -0.2) is 13.5 Å². The van der Waals surface area contributed by atoms with E-state index in [2.05, 4.69) is 5.10 Å². The Morgan fingerprint density at radius 3 is 2.59 bits per heavy atom. The lowest BCUT2D eigenvalue weighted by Crippen LogP contribution is -2.17. The van der Waals surface area contributed by atoms with E-state index < -0.39 is 17.1 Å². The van der Waals surface area contributed by atoms with Gasteiger partial charge in [-0.05, 0) is 19.1 Å². The standard InChI is InChI=1S/C11H9F2N3O/c1-6-4-10(17)11(14)15-16(6)7-2-3-8(12)9(13)5-7/h2-5H,1H3,(H2,14,15). The SMILES string of the molecule is Cc1cc(=O)c(N)nn1-c1ccc(F)c(F)c1. The van der Waals surface area contributed by atoms with Gasteiger partial charge in [0.05, 0.1) is 5.69 Å². The molecular formula is C11H9F2N3O. The molecule has 88 valence electrons. The maximum Gasteiger partial charge on any atom is 0.224 e. The molecule has 2 rings (SSSR count). The fourth-order valence-electron chi connectivity index (χ4n) is 1.44. The minimum Gasteiger partial charge on any atom is -0.379 e. The molecule has 0 aliphatic heterocycles. The van der Waals surface area contributed by atoms with E-state index >= 15 is 0 Å². The maximum absolute atomic E-state index is 13.1. The van der Waals surface area contributed by atoms with Crippen LogP contribution in [-0.4, -0.2) is 9.78 Å². The number of benzene rings is 1. The molecule has 6 heteroatoms. The van der Waals surface area contributed by atoms with Crippen LogP contribution in [0, 0.1) is 18.6 Å². The van der Waals surface area contributed by atoms with Crippen molar-refractivity contribution in [2.45, 2.75) is 6.92 Å². The lowest BCUT2D eigenvalue weighted by molar-refractivity contribution is 0.507. The Labute approximate surface area is 95.3 Å². The van der Waals surface area contributed by atoms with E-state index in [-0.39, 0.29) is 5.82 Å². The monoisotopic (exact) mass is 237 g/mol. The average molecular weight is 237 g/mol. The van der Waals surface area contributed by atoms with Gasteiger partial charge in [0.1, 0.15) is 0 Å². The topological polar surface area (TPSA) is 60.9 Å². The van der Waals surface area contributed by atoms with Gasteiger partial charge < -0.3 is 5.73 Å². The van der Waals surface area contributed by atoms with Crippen LogP contribution < -0.4 is 11.2 Å². The summed E-state index contributed by atoms with van der Waals surface area (Å²) in [5, 5.41) is 3.81. The maximum atomic E-state index is 13.1. The highest BCUT2D eigenvalue weighted by atomic mass is 19.2. The molecule has 0 atom stereocenters. The van der Waals surface area contributed by atoms with Crippen molar-refractivity contribution in [3.8, 4) is 5.69 Å². The quantitative estimate of drug-likeness (QED) is 0.815. The van der Waals surface area contributed by atoms with Crippen molar-refractivity contribution >= 4 is 5.82 Å². The lowest BCUT2D eigenvalue weighted by atomic mass is 10.3. The Morgan fingerprint density at radius 1 is 1.24 bits per heavy atom. The van der Waals surface area contributed by atoms with Gasteiger partial charge in [0, 0.05) is 17.8 Å². The molecule has 0 bridgehead atoms. The average Bonchev–Trinajstić information content (AvgIpc) is 2.27. The number of nitrogens with zero attached hydrogens (tertiary/aromatic N) is 2. The van der Waals surface area contributed by atoms with Gasteiger partial charge in [-0.3, -0.25) is 4.79 Å². The van der Waals surface area contributed by atoms with Crippen LogP contribution in [0.4, 0.5) is 14.6 Å². The van der Waals surface area contributed by atoms with Crippen molar-refractivity contribution < 1.29 is 8.78 Å². The first kappa shape index (κ1) is 11.3. The van der Waals surface area contributed by atoms with Crippen LogP contribution in [0.25, 0.3) is 5.69 Å². The van der Waals surface area contributed by atoms with E-state index in [0.29, 0.717) is 11.4 Å². The summed E-state index contributed by atoms with van der Waals surface area (Å²) in [6, 6.07) is 4.60. The van der Waals surface area contributed by atoms with Crippen LogP contribution in [-0.2, 0) is 0 Å². The number of hydrogen-bond acceptors (Lipinski definition) is 3. The number of nitrogens with two attached hydrogens (primary N) is 1. The van der Waals surface area contributed by atoms with E-state index in [0.717, 1.165) is 12.1 Å². The van der Waals surface area contributed by atoms with E-state index in [1.807, 2.05) is 0 Å². The molecule has 0 aliphatic carbocycles. The predicted octanol–water partition coefficient (Wildman–Crippen LogP) is 1.40. The molecule has 4 nitrogen and oxygen atoms in total. The minimum absolute atomic E-state index is 0.194. The van der Waals surface area contributed by atoms with Crippen molar-refractivity contribution in [2.75, 3.05) is 5.73 Å². The minimum atomic E-state index is -0.985. The highest BCUT2D eigenvalue weighted by molar-refractivity contribution is 5.36. The fourth-order valence-corrected chi connectivity index (χ4v) is 1.44. The first-order valence-corrected chi connectivity index (χ1v) is 4.81. The molecule has 2 aromatic rings. The molecule has 2 N–H and O–H groups in total. The van der Waals surface area contributed by atoms with Crippen LogP contribution in [0.2, 0.25) is 0 Å². The van der Waals surface area contributed by atoms with Crippen LogP contribution in [0.5, 0.6) is 0 Å². The van der Waals surface area contributed by atoms with E-state index in [9.17, 15) is 13.6 Å². The van der Waals surface area contributed by atoms with Crippen molar-refractivity contribution in [1.82, 2.24) is 9.78 Å². The smallest absolute Gasteiger partial charge is 0.224 e. The lowest BCUT2D eigenvalue weighted by Gasteiger charge is -2.09. The van der Waals surface area contributed by atoms with Gasteiger partial charge in [-0.1, -0.05) is 0 Å². The molecule has 0 unspecified atom stereocenters.